The number of carbonyl (C=O) groups excluding carboxylic acids is 1. The van der Waals surface area contributed by atoms with Gasteiger partial charge in [0.2, 0.25) is 0 Å². The van der Waals surface area contributed by atoms with E-state index in [0.29, 0.717) is 16.9 Å². The van der Waals surface area contributed by atoms with Crippen molar-refractivity contribution in [3.63, 3.8) is 0 Å². The number of hydrogen-bond donors (Lipinski definition) is 1. The summed E-state index contributed by atoms with van der Waals surface area (Å²) in [6.45, 7) is 0. The van der Waals surface area contributed by atoms with Crippen molar-refractivity contribution in [2.24, 2.45) is 0 Å². The molecule has 0 radical (unpaired) electrons. The summed E-state index contributed by atoms with van der Waals surface area (Å²) in [7, 11) is 3.42. The van der Waals surface area contributed by atoms with Crippen molar-refractivity contribution < 1.29 is 18.5 Å². The van der Waals surface area contributed by atoms with Gasteiger partial charge in [-0.05, 0) is 24.3 Å². The number of anilines is 2. The van der Waals surface area contributed by atoms with Crippen LogP contribution in [0.1, 0.15) is 10.4 Å². The topological polar surface area (TPSA) is 88.4 Å². The molecule has 0 bridgehead atoms. The van der Waals surface area contributed by atoms with Crippen LogP contribution < -0.4 is 10.2 Å². The number of nitrogens with zero attached hydrogens (tertiary/aromatic N) is 3. The molecule has 1 N–H and O–H groups in total. The Balaban J connectivity index is 1.87. The Bertz CT molecular complexity index is 1070. The summed E-state index contributed by atoms with van der Waals surface area (Å²) in [5, 5.41) is 15.4. The van der Waals surface area contributed by atoms with Crippen LogP contribution in [0.3, 0.4) is 0 Å². The number of nitro benzene ring substituents is 1. The molecule has 1 amide bonds. The number of benzene rings is 2. The zero-order chi connectivity index (χ0) is 20.4. The minimum Gasteiger partial charge on any atom is -0.377 e. The maximum absolute atomic E-state index is 13.4. The molecule has 0 spiro atoms. The quantitative estimate of drug-likeness (QED) is 0.506. The average Bonchev–Trinajstić information content (AvgIpc) is 3.11. The van der Waals surface area contributed by atoms with Gasteiger partial charge in [-0.2, -0.15) is 0 Å². The van der Waals surface area contributed by atoms with Gasteiger partial charge in [-0.3, -0.25) is 20.2 Å². The molecule has 3 rings (SSSR count). The molecule has 0 saturated carbocycles. The predicted octanol–water partition coefficient (Wildman–Crippen LogP) is 4.31. The van der Waals surface area contributed by atoms with Crippen LogP contribution in [0.5, 0.6) is 0 Å². The maximum Gasteiger partial charge on any atom is 0.270 e. The van der Waals surface area contributed by atoms with E-state index >= 15 is 0 Å². The number of halogens is 2. The molecule has 3 aromatic rings. The van der Waals surface area contributed by atoms with Crippen LogP contribution in [-0.2, 0) is 0 Å². The van der Waals surface area contributed by atoms with Gasteiger partial charge in [0, 0.05) is 42.9 Å². The molecule has 1 aromatic heterocycles. The molecule has 0 aliphatic rings. The van der Waals surface area contributed by atoms with Gasteiger partial charge in [0.1, 0.15) is 0 Å². The normalized spacial score (nSPS) is 10.6. The number of aromatic nitrogens is 1. The SMILES string of the molecule is CN(C)c1ccc([N+](=O)[O-])cc1C(=O)Nc1nc(-c2ccc(F)c(F)c2)cs1. The molecule has 0 fully saturated rings. The van der Waals surface area contributed by atoms with E-state index in [1.54, 1.807) is 24.4 Å². The molecular formula is C18H14F2N4O3S. The van der Waals surface area contributed by atoms with Gasteiger partial charge in [-0.25, -0.2) is 13.8 Å². The van der Waals surface area contributed by atoms with Gasteiger partial charge in [-0.1, -0.05) is 0 Å². The Hall–Kier alpha value is -3.40. The van der Waals surface area contributed by atoms with Crippen molar-refractivity contribution in [3.05, 3.63) is 69.1 Å². The van der Waals surface area contributed by atoms with E-state index in [9.17, 15) is 23.7 Å². The van der Waals surface area contributed by atoms with Crippen LogP contribution in [0.2, 0.25) is 0 Å². The number of non-ortho nitro benzene ring substituents is 1. The predicted molar refractivity (Wildman–Crippen MR) is 103 cm³/mol. The van der Waals surface area contributed by atoms with Crippen molar-refractivity contribution in [2.75, 3.05) is 24.3 Å². The monoisotopic (exact) mass is 404 g/mol. The molecule has 10 heteroatoms. The first-order valence-electron chi connectivity index (χ1n) is 7.94. The van der Waals surface area contributed by atoms with E-state index in [2.05, 4.69) is 10.3 Å². The van der Waals surface area contributed by atoms with E-state index in [1.807, 2.05) is 0 Å². The fourth-order valence-electron chi connectivity index (χ4n) is 2.49. The molecule has 0 unspecified atom stereocenters. The van der Waals surface area contributed by atoms with Crippen molar-refractivity contribution in [1.29, 1.82) is 0 Å². The van der Waals surface area contributed by atoms with Gasteiger partial charge in [0.25, 0.3) is 11.6 Å². The van der Waals surface area contributed by atoms with Crippen LogP contribution in [0.25, 0.3) is 11.3 Å². The molecule has 144 valence electrons. The molecule has 0 aliphatic heterocycles. The van der Waals surface area contributed by atoms with Gasteiger partial charge in [0.05, 0.1) is 16.2 Å². The second-order valence-corrected chi connectivity index (χ2v) is 6.83. The van der Waals surface area contributed by atoms with Crippen LogP contribution in [-0.4, -0.2) is 29.9 Å². The Kier molecular flexibility index (Phi) is 5.32. The summed E-state index contributed by atoms with van der Waals surface area (Å²) < 4.78 is 26.5. The Morgan fingerprint density at radius 1 is 1.18 bits per heavy atom. The lowest BCUT2D eigenvalue weighted by atomic mass is 10.1. The van der Waals surface area contributed by atoms with E-state index in [4.69, 9.17) is 0 Å². The second-order valence-electron chi connectivity index (χ2n) is 5.97. The number of thiazole rings is 1. The average molecular weight is 404 g/mol. The van der Waals surface area contributed by atoms with Gasteiger partial charge >= 0.3 is 0 Å². The zero-order valence-corrected chi connectivity index (χ0v) is 15.6. The third-order valence-corrected chi connectivity index (χ3v) is 4.62. The van der Waals surface area contributed by atoms with E-state index < -0.39 is 22.5 Å². The summed E-state index contributed by atoms with van der Waals surface area (Å²) in [6, 6.07) is 7.38. The van der Waals surface area contributed by atoms with Crippen LogP contribution in [0.15, 0.2) is 41.8 Å². The largest absolute Gasteiger partial charge is 0.377 e. The molecule has 7 nitrogen and oxygen atoms in total. The lowest BCUT2D eigenvalue weighted by molar-refractivity contribution is -0.384. The van der Waals surface area contributed by atoms with Crippen molar-refractivity contribution in [1.82, 2.24) is 4.98 Å². The minimum atomic E-state index is -0.997. The summed E-state index contributed by atoms with van der Waals surface area (Å²) >= 11 is 1.10. The van der Waals surface area contributed by atoms with E-state index in [1.165, 1.54) is 24.3 Å². The highest BCUT2D eigenvalue weighted by Crippen LogP contribution is 2.28. The Morgan fingerprint density at radius 3 is 2.57 bits per heavy atom. The van der Waals surface area contributed by atoms with Crippen molar-refractivity contribution >= 4 is 33.8 Å². The van der Waals surface area contributed by atoms with E-state index in [0.717, 1.165) is 23.5 Å². The van der Waals surface area contributed by atoms with Gasteiger partial charge in [-0.15, -0.1) is 11.3 Å². The third kappa shape index (κ3) is 3.96. The first kappa shape index (κ1) is 19.4. The van der Waals surface area contributed by atoms with Crippen LogP contribution in [0.4, 0.5) is 25.3 Å². The fourth-order valence-corrected chi connectivity index (χ4v) is 3.21. The molecule has 0 aliphatic carbocycles. The van der Waals surface area contributed by atoms with Gasteiger partial charge < -0.3 is 4.90 Å². The highest BCUT2D eigenvalue weighted by atomic mass is 32.1. The number of carbonyl (C=O) groups is 1. The Labute approximate surface area is 162 Å². The first-order valence-corrected chi connectivity index (χ1v) is 8.82. The lowest BCUT2D eigenvalue weighted by Crippen LogP contribution is -2.18. The zero-order valence-electron chi connectivity index (χ0n) is 14.8. The fraction of sp³-hybridized carbons (Fsp3) is 0.111. The van der Waals surface area contributed by atoms with Crippen molar-refractivity contribution in [3.8, 4) is 11.3 Å². The summed E-state index contributed by atoms with van der Waals surface area (Å²) in [4.78, 5) is 29.0. The smallest absolute Gasteiger partial charge is 0.270 e. The molecule has 0 saturated heterocycles. The van der Waals surface area contributed by atoms with Gasteiger partial charge in [0.15, 0.2) is 16.8 Å². The number of hydrogen-bond acceptors (Lipinski definition) is 6. The highest BCUT2D eigenvalue weighted by molar-refractivity contribution is 7.14. The maximum atomic E-state index is 13.4. The highest BCUT2D eigenvalue weighted by Gasteiger charge is 2.19. The number of rotatable bonds is 5. The molecular weight excluding hydrogens is 390 g/mol. The molecule has 2 aromatic carbocycles. The summed E-state index contributed by atoms with van der Waals surface area (Å²) in [5.41, 5.74) is 1.13. The summed E-state index contributed by atoms with van der Waals surface area (Å²) in [5.74, 6) is -2.53. The molecule has 0 atom stereocenters. The summed E-state index contributed by atoms with van der Waals surface area (Å²) in [6.07, 6.45) is 0. The van der Waals surface area contributed by atoms with Crippen LogP contribution in [0, 0.1) is 21.7 Å². The molecule has 1 heterocycles. The molecule has 28 heavy (non-hydrogen) atoms. The number of nitrogens with one attached hydrogen (secondary N) is 1. The van der Waals surface area contributed by atoms with Crippen LogP contribution >= 0.6 is 11.3 Å². The lowest BCUT2D eigenvalue weighted by Gasteiger charge is -2.16. The standard InChI is InChI=1S/C18H14F2N4O3S/c1-23(2)16-6-4-11(24(26)27)8-12(16)17(25)22-18-21-15(9-28-18)10-3-5-13(19)14(20)7-10/h3-9H,1-2H3,(H,21,22,25). The van der Waals surface area contributed by atoms with Crippen molar-refractivity contribution in [2.45, 2.75) is 0 Å². The third-order valence-electron chi connectivity index (χ3n) is 3.86. The number of amides is 1. The Morgan fingerprint density at radius 2 is 1.93 bits per heavy atom. The number of nitro groups is 1. The first-order chi connectivity index (χ1) is 13.3. The minimum absolute atomic E-state index is 0.115. The van der Waals surface area contributed by atoms with E-state index in [-0.39, 0.29) is 16.4 Å². The second kappa shape index (κ2) is 7.69.